The van der Waals surface area contributed by atoms with Crippen LogP contribution in [0.5, 0.6) is 0 Å². The Bertz CT molecular complexity index is 684. The molecule has 3 rings (SSSR count). The Balaban J connectivity index is 1.82. The van der Waals surface area contributed by atoms with E-state index in [4.69, 9.17) is 5.73 Å². The highest BCUT2D eigenvalue weighted by molar-refractivity contribution is 9.10. The highest BCUT2D eigenvalue weighted by Crippen LogP contribution is 2.26. The standard InChI is InChI=1S/C16H16BrNOS/c17-14-6-7-16(15(18)9-14)20(19)10-11-4-5-12-2-1-3-13(12)8-11/h4-9H,1-3,10,18H2. The molecule has 2 aromatic carbocycles. The van der Waals surface area contributed by atoms with Crippen molar-refractivity contribution in [3.63, 3.8) is 0 Å². The first-order valence-electron chi connectivity index (χ1n) is 6.67. The van der Waals surface area contributed by atoms with E-state index in [-0.39, 0.29) is 0 Å². The fraction of sp³-hybridized carbons (Fsp3) is 0.250. The predicted octanol–water partition coefficient (Wildman–Crippen LogP) is 3.83. The molecule has 1 aliphatic carbocycles. The molecule has 104 valence electrons. The zero-order valence-corrected chi connectivity index (χ0v) is 13.5. The van der Waals surface area contributed by atoms with Crippen molar-refractivity contribution in [3.05, 3.63) is 57.6 Å². The van der Waals surface area contributed by atoms with Gasteiger partial charge in [-0.25, -0.2) is 0 Å². The lowest BCUT2D eigenvalue weighted by atomic mass is 10.1. The van der Waals surface area contributed by atoms with Gasteiger partial charge in [-0.2, -0.15) is 0 Å². The van der Waals surface area contributed by atoms with Gasteiger partial charge < -0.3 is 5.73 Å². The molecule has 0 saturated carbocycles. The molecule has 1 atom stereocenters. The van der Waals surface area contributed by atoms with Gasteiger partial charge in [-0.05, 0) is 54.2 Å². The van der Waals surface area contributed by atoms with Gasteiger partial charge in [-0.15, -0.1) is 0 Å². The summed E-state index contributed by atoms with van der Waals surface area (Å²) >= 11 is 3.37. The monoisotopic (exact) mass is 349 g/mol. The predicted molar refractivity (Wildman–Crippen MR) is 87.1 cm³/mol. The van der Waals surface area contributed by atoms with Crippen molar-refractivity contribution in [3.8, 4) is 0 Å². The fourth-order valence-corrected chi connectivity index (χ4v) is 4.23. The number of nitrogen functional groups attached to an aromatic ring is 1. The minimum atomic E-state index is -1.10. The lowest BCUT2D eigenvalue weighted by molar-refractivity contribution is 0.683. The van der Waals surface area contributed by atoms with E-state index in [9.17, 15) is 4.21 Å². The van der Waals surface area contributed by atoms with Gasteiger partial charge in [0.2, 0.25) is 0 Å². The van der Waals surface area contributed by atoms with Crippen molar-refractivity contribution in [2.75, 3.05) is 5.73 Å². The quantitative estimate of drug-likeness (QED) is 0.855. The van der Waals surface area contributed by atoms with Crippen LogP contribution in [-0.2, 0) is 29.4 Å². The third-order valence-corrected chi connectivity index (χ3v) is 5.63. The van der Waals surface area contributed by atoms with E-state index in [0.29, 0.717) is 16.3 Å². The Kier molecular flexibility index (Phi) is 3.94. The third-order valence-electron chi connectivity index (χ3n) is 3.68. The number of aryl methyl sites for hydroxylation is 2. The van der Waals surface area contributed by atoms with E-state index in [1.54, 1.807) is 6.07 Å². The Hall–Kier alpha value is -1.13. The van der Waals surface area contributed by atoms with Gasteiger partial charge in [-0.1, -0.05) is 34.1 Å². The minimum absolute atomic E-state index is 0.527. The number of fused-ring (bicyclic) bond motifs is 1. The van der Waals surface area contributed by atoms with Crippen LogP contribution in [0, 0.1) is 0 Å². The van der Waals surface area contributed by atoms with Gasteiger partial charge in [0.15, 0.2) is 0 Å². The molecule has 1 unspecified atom stereocenters. The summed E-state index contributed by atoms with van der Waals surface area (Å²) in [6.45, 7) is 0. The summed E-state index contributed by atoms with van der Waals surface area (Å²) in [4.78, 5) is 0.716. The topological polar surface area (TPSA) is 43.1 Å². The van der Waals surface area contributed by atoms with Crippen molar-refractivity contribution < 1.29 is 4.21 Å². The molecule has 0 aromatic heterocycles. The molecule has 2 N–H and O–H groups in total. The van der Waals surface area contributed by atoms with Gasteiger partial charge in [0.25, 0.3) is 0 Å². The summed E-state index contributed by atoms with van der Waals surface area (Å²) in [6.07, 6.45) is 3.57. The van der Waals surface area contributed by atoms with Crippen LogP contribution in [0.25, 0.3) is 0 Å². The van der Waals surface area contributed by atoms with E-state index in [2.05, 4.69) is 34.1 Å². The average molecular weight is 350 g/mol. The van der Waals surface area contributed by atoms with Gasteiger partial charge >= 0.3 is 0 Å². The van der Waals surface area contributed by atoms with Crippen LogP contribution in [-0.4, -0.2) is 4.21 Å². The SMILES string of the molecule is Nc1cc(Br)ccc1S(=O)Cc1ccc2c(c1)CCC2. The highest BCUT2D eigenvalue weighted by atomic mass is 79.9. The second-order valence-corrected chi connectivity index (χ2v) is 7.46. The normalized spacial score (nSPS) is 15.1. The van der Waals surface area contributed by atoms with E-state index >= 15 is 0 Å². The van der Waals surface area contributed by atoms with Crippen molar-refractivity contribution in [1.82, 2.24) is 0 Å². The highest BCUT2D eigenvalue weighted by Gasteiger charge is 2.13. The lowest BCUT2D eigenvalue weighted by Crippen LogP contribution is -2.01. The van der Waals surface area contributed by atoms with Crippen LogP contribution >= 0.6 is 15.9 Å². The maximum Gasteiger partial charge on any atom is 0.0621 e. The molecule has 0 bridgehead atoms. The number of nitrogens with two attached hydrogens (primary N) is 1. The number of anilines is 1. The molecule has 0 radical (unpaired) electrons. The largest absolute Gasteiger partial charge is 0.398 e. The summed E-state index contributed by atoms with van der Waals surface area (Å²) in [6, 6.07) is 12.0. The lowest BCUT2D eigenvalue weighted by Gasteiger charge is -2.08. The first-order chi connectivity index (χ1) is 9.63. The number of hydrogen-bond donors (Lipinski definition) is 1. The third kappa shape index (κ3) is 2.81. The maximum atomic E-state index is 12.5. The van der Waals surface area contributed by atoms with Crippen LogP contribution in [0.15, 0.2) is 45.8 Å². The Morgan fingerprint density at radius 2 is 1.90 bits per heavy atom. The summed E-state index contributed by atoms with van der Waals surface area (Å²) < 4.78 is 13.4. The molecule has 2 nitrogen and oxygen atoms in total. The van der Waals surface area contributed by atoms with Crippen molar-refractivity contribution >= 4 is 32.4 Å². The van der Waals surface area contributed by atoms with Gasteiger partial charge in [0.05, 0.1) is 21.4 Å². The summed E-state index contributed by atoms with van der Waals surface area (Å²) in [5.41, 5.74) is 10.5. The molecule has 1 aliphatic rings. The maximum absolute atomic E-state index is 12.5. The van der Waals surface area contributed by atoms with Crippen LogP contribution in [0.4, 0.5) is 5.69 Å². The zero-order chi connectivity index (χ0) is 14.1. The smallest absolute Gasteiger partial charge is 0.0621 e. The molecule has 20 heavy (non-hydrogen) atoms. The first kappa shape index (κ1) is 13.8. The number of rotatable bonds is 3. The molecule has 4 heteroatoms. The van der Waals surface area contributed by atoms with Crippen LogP contribution in [0.2, 0.25) is 0 Å². The molecule has 0 aliphatic heterocycles. The Labute approximate surface area is 130 Å². The van der Waals surface area contributed by atoms with Crippen molar-refractivity contribution in [1.29, 1.82) is 0 Å². The first-order valence-corrected chi connectivity index (χ1v) is 8.79. The Morgan fingerprint density at radius 3 is 2.70 bits per heavy atom. The van der Waals surface area contributed by atoms with Gasteiger partial charge in [0.1, 0.15) is 0 Å². The van der Waals surface area contributed by atoms with E-state index in [0.717, 1.165) is 16.5 Å². The van der Waals surface area contributed by atoms with Crippen LogP contribution in [0.3, 0.4) is 0 Å². The van der Waals surface area contributed by atoms with E-state index < -0.39 is 10.8 Å². The minimum Gasteiger partial charge on any atom is -0.398 e. The molecule has 0 spiro atoms. The van der Waals surface area contributed by atoms with Crippen molar-refractivity contribution in [2.45, 2.75) is 29.9 Å². The summed E-state index contributed by atoms with van der Waals surface area (Å²) in [5, 5.41) is 0. The van der Waals surface area contributed by atoms with Gasteiger partial charge in [-0.3, -0.25) is 4.21 Å². The second kappa shape index (κ2) is 5.70. The second-order valence-electron chi connectivity index (χ2n) is 5.13. The van der Waals surface area contributed by atoms with Crippen LogP contribution in [0.1, 0.15) is 23.1 Å². The number of hydrogen-bond acceptors (Lipinski definition) is 2. The van der Waals surface area contributed by atoms with E-state index in [1.165, 1.54) is 24.0 Å². The molecular formula is C16H16BrNOS. The van der Waals surface area contributed by atoms with Crippen LogP contribution < -0.4 is 5.73 Å². The molecule has 0 saturated heterocycles. The molecular weight excluding hydrogens is 334 g/mol. The summed E-state index contributed by atoms with van der Waals surface area (Å²) in [7, 11) is -1.10. The number of benzene rings is 2. The number of halogens is 1. The Morgan fingerprint density at radius 1 is 1.10 bits per heavy atom. The molecule has 0 fully saturated rings. The zero-order valence-electron chi connectivity index (χ0n) is 11.1. The summed E-state index contributed by atoms with van der Waals surface area (Å²) in [5.74, 6) is 0.527. The average Bonchev–Trinajstić information content (AvgIpc) is 2.85. The molecule has 2 aromatic rings. The van der Waals surface area contributed by atoms with E-state index in [1.807, 2.05) is 12.1 Å². The fourth-order valence-electron chi connectivity index (χ4n) is 2.67. The molecule has 0 heterocycles. The van der Waals surface area contributed by atoms with Crippen molar-refractivity contribution in [2.24, 2.45) is 0 Å². The van der Waals surface area contributed by atoms with Gasteiger partial charge in [0, 0.05) is 10.2 Å². The molecule has 0 amide bonds.